The van der Waals surface area contributed by atoms with Gasteiger partial charge in [0.2, 0.25) is 10.0 Å². The van der Waals surface area contributed by atoms with E-state index < -0.39 is 10.0 Å². The molecule has 8 nitrogen and oxygen atoms in total. The molecule has 0 unspecified atom stereocenters. The molecule has 2 heterocycles. The van der Waals surface area contributed by atoms with E-state index in [1.807, 2.05) is 12.1 Å². The lowest BCUT2D eigenvalue weighted by atomic mass is 10.2. The molecule has 9 heteroatoms. The maximum atomic E-state index is 12.6. The van der Waals surface area contributed by atoms with Crippen LogP contribution in [-0.4, -0.2) is 55.1 Å². The predicted octanol–water partition coefficient (Wildman–Crippen LogP) is 1.84. The van der Waals surface area contributed by atoms with E-state index in [9.17, 15) is 13.2 Å². The lowest BCUT2D eigenvalue weighted by molar-refractivity contribution is 0.0730. The van der Waals surface area contributed by atoms with Gasteiger partial charge in [0.05, 0.1) is 29.8 Å². The van der Waals surface area contributed by atoms with E-state index in [1.165, 1.54) is 28.6 Å². The van der Waals surface area contributed by atoms with Crippen LogP contribution in [0.15, 0.2) is 53.6 Å². The Morgan fingerprint density at radius 3 is 2.59 bits per heavy atom. The summed E-state index contributed by atoms with van der Waals surface area (Å²) < 4.78 is 31.8. The third-order valence-corrected chi connectivity index (χ3v) is 6.34. The van der Waals surface area contributed by atoms with Crippen molar-refractivity contribution < 1.29 is 17.9 Å². The Labute approximate surface area is 156 Å². The molecule has 1 aliphatic heterocycles. The van der Waals surface area contributed by atoms with Crippen molar-refractivity contribution in [3.8, 4) is 0 Å². The van der Waals surface area contributed by atoms with E-state index in [-0.39, 0.29) is 10.8 Å². The molecule has 0 saturated carbocycles. The highest BCUT2D eigenvalue weighted by molar-refractivity contribution is 7.89. The number of aromatic amines is 1. The van der Waals surface area contributed by atoms with Gasteiger partial charge in [-0.15, -0.1) is 0 Å². The normalized spacial score (nSPS) is 15.7. The molecule has 1 aromatic heterocycles. The van der Waals surface area contributed by atoms with Crippen molar-refractivity contribution in [2.75, 3.05) is 31.6 Å². The molecule has 0 aliphatic carbocycles. The Hall–Kier alpha value is -2.75. The van der Waals surface area contributed by atoms with Crippen LogP contribution in [0.1, 0.15) is 10.4 Å². The summed E-state index contributed by atoms with van der Waals surface area (Å²) in [6.07, 6.45) is 1.68. The number of sulfonamides is 1. The molecular formula is C18H18N4O4S. The molecule has 4 rings (SSSR count). The van der Waals surface area contributed by atoms with Crippen molar-refractivity contribution in [1.82, 2.24) is 14.5 Å². The molecule has 2 N–H and O–H groups in total. The molecule has 0 spiro atoms. The van der Waals surface area contributed by atoms with E-state index in [4.69, 9.17) is 4.74 Å². The molecule has 0 atom stereocenters. The molecule has 1 saturated heterocycles. The monoisotopic (exact) mass is 386 g/mol. The average molecular weight is 386 g/mol. The van der Waals surface area contributed by atoms with Gasteiger partial charge in [-0.05, 0) is 42.5 Å². The van der Waals surface area contributed by atoms with Crippen LogP contribution in [0.5, 0.6) is 0 Å². The first-order chi connectivity index (χ1) is 13.0. The number of carbonyl (C=O) groups excluding carboxylic acids is 1. The standard InChI is InChI=1S/C18H18N4O4S/c23-18(20-15-3-6-17-14(11-15)12-19-21-17)13-1-4-16(5-2-13)27(24,25)22-7-9-26-10-8-22/h1-6,11-12H,7-10H2,(H,19,21)(H,20,23). The third kappa shape index (κ3) is 3.57. The van der Waals surface area contributed by atoms with Gasteiger partial charge in [-0.1, -0.05) is 0 Å². The largest absolute Gasteiger partial charge is 0.379 e. The van der Waals surface area contributed by atoms with E-state index in [2.05, 4.69) is 15.5 Å². The zero-order chi connectivity index (χ0) is 18.9. The number of ether oxygens (including phenoxy) is 1. The minimum atomic E-state index is -3.57. The van der Waals surface area contributed by atoms with Crippen LogP contribution in [-0.2, 0) is 14.8 Å². The number of morpholine rings is 1. The molecule has 27 heavy (non-hydrogen) atoms. The Kier molecular flexibility index (Phi) is 4.65. The van der Waals surface area contributed by atoms with E-state index >= 15 is 0 Å². The van der Waals surface area contributed by atoms with Crippen LogP contribution in [0.4, 0.5) is 5.69 Å². The molecule has 140 valence electrons. The van der Waals surface area contributed by atoms with Gasteiger partial charge in [0.25, 0.3) is 5.91 Å². The Morgan fingerprint density at radius 1 is 1.11 bits per heavy atom. The second kappa shape index (κ2) is 7.10. The van der Waals surface area contributed by atoms with Crippen molar-refractivity contribution in [2.24, 2.45) is 0 Å². The molecule has 3 aromatic rings. The first kappa shape index (κ1) is 17.7. The summed E-state index contributed by atoms with van der Waals surface area (Å²) in [5.74, 6) is -0.312. The number of anilines is 1. The highest BCUT2D eigenvalue weighted by atomic mass is 32.2. The SMILES string of the molecule is O=C(Nc1ccc2[nH]ncc2c1)c1ccc(S(=O)(=O)N2CCOCC2)cc1. The molecule has 1 fully saturated rings. The van der Waals surface area contributed by atoms with Crippen LogP contribution in [0.2, 0.25) is 0 Å². The molecule has 0 bridgehead atoms. The smallest absolute Gasteiger partial charge is 0.255 e. The van der Waals surface area contributed by atoms with Crippen LogP contribution < -0.4 is 5.32 Å². The number of nitrogens with one attached hydrogen (secondary N) is 2. The topological polar surface area (TPSA) is 104 Å². The maximum Gasteiger partial charge on any atom is 0.255 e. The Bertz CT molecular complexity index is 1070. The van der Waals surface area contributed by atoms with Crippen molar-refractivity contribution in [2.45, 2.75) is 4.90 Å². The van der Waals surface area contributed by atoms with E-state index in [0.717, 1.165) is 10.9 Å². The third-order valence-electron chi connectivity index (χ3n) is 4.42. The van der Waals surface area contributed by atoms with Gasteiger partial charge in [-0.3, -0.25) is 9.89 Å². The summed E-state index contributed by atoms with van der Waals surface area (Å²) in [4.78, 5) is 12.6. The number of H-pyrrole nitrogens is 1. The number of benzene rings is 2. The Morgan fingerprint density at radius 2 is 1.85 bits per heavy atom. The van der Waals surface area contributed by atoms with Gasteiger partial charge in [-0.2, -0.15) is 9.40 Å². The van der Waals surface area contributed by atoms with Crippen molar-refractivity contribution in [3.63, 3.8) is 0 Å². The summed E-state index contributed by atoms with van der Waals surface area (Å²) in [5, 5.41) is 10.5. The summed E-state index contributed by atoms with van der Waals surface area (Å²) in [6, 6.07) is 11.4. The van der Waals surface area contributed by atoms with Gasteiger partial charge in [0, 0.05) is 29.7 Å². The second-order valence-corrected chi connectivity index (χ2v) is 8.10. The highest BCUT2D eigenvalue weighted by Gasteiger charge is 2.26. The number of hydrogen-bond donors (Lipinski definition) is 2. The zero-order valence-electron chi connectivity index (χ0n) is 14.4. The Balaban J connectivity index is 1.50. The summed E-state index contributed by atoms with van der Waals surface area (Å²) in [6.45, 7) is 1.45. The quantitative estimate of drug-likeness (QED) is 0.712. The summed E-state index contributed by atoms with van der Waals surface area (Å²) >= 11 is 0. The van der Waals surface area contributed by atoms with Gasteiger partial charge < -0.3 is 10.1 Å². The van der Waals surface area contributed by atoms with E-state index in [0.29, 0.717) is 37.6 Å². The van der Waals surface area contributed by atoms with Crippen molar-refractivity contribution >= 4 is 32.5 Å². The fourth-order valence-electron chi connectivity index (χ4n) is 2.94. The second-order valence-electron chi connectivity index (χ2n) is 6.17. The number of nitrogens with zero attached hydrogens (tertiary/aromatic N) is 2. The number of carbonyl (C=O) groups is 1. The molecule has 2 aromatic carbocycles. The molecule has 1 aliphatic rings. The molecular weight excluding hydrogens is 368 g/mol. The molecule has 0 radical (unpaired) electrons. The summed E-state index contributed by atoms with van der Waals surface area (Å²) in [7, 11) is -3.57. The number of amides is 1. The van der Waals surface area contributed by atoms with Gasteiger partial charge >= 0.3 is 0 Å². The van der Waals surface area contributed by atoms with Crippen LogP contribution in [0.3, 0.4) is 0 Å². The summed E-state index contributed by atoms with van der Waals surface area (Å²) in [5.41, 5.74) is 1.90. The number of hydrogen-bond acceptors (Lipinski definition) is 5. The first-order valence-corrected chi connectivity index (χ1v) is 9.90. The number of fused-ring (bicyclic) bond motifs is 1. The highest BCUT2D eigenvalue weighted by Crippen LogP contribution is 2.20. The van der Waals surface area contributed by atoms with Gasteiger partial charge in [0.1, 0.15) is 0 Å². The fraction of sp³-hybridized carbons (Fsp3) is 0.222. The minimum absolute atomic E-state index is 0.167. The van der Waals surface area contributed by atoms with Gasteiger partial charge in [0.15, 0.2) is 0 Å². The average Bonchev–Trinajstić information content (AvgIpc) is 3.16. The lowest BCUT2D eigenvalue weighted by Gasteiger charge is -2.26. The number of aromatic nitrogens is 2. The number of rotatable bonds is 4. The van der Waals surface area contributed by atoms with Crippen LogP contribution >= 0.6 is 0 Å². The predicted molar refractivity (Wildman–Crippen MR) is 100 cm³/mol. The minimum Gasteiger partial charge on any atom is -0.379 e. The fourth-order valence-corrected chi connectivity index (χ4v) is 4.35. The molecule has 1 amide bonds. The maximum absolute atomic E-state index is 12.6. The van der Waals surface area contributed by atoms with Crippen molar-refractivity contribution in [3.05, 3.63) is 54.2 Å². The van der Waals surface area contributed by atoms with Gasteiger partial charge in [-0.25, -0.2) is 8.42 Å². The van der Waals surface area contributed by atoms with Crippen LogP contribution in [0.25, 0.3) is 10.9 Å². The van der Waals surface area contributed by atoms with E-state index in [1.54, 1.807) is 12.3 Å². The van der Waals surface area contributed by atoms with Crippen LogP contribution in [0, 0.1) is 0 Å². The van der Waals surface area contributed by atoms with Crippen molar-refractivity contribution in [1.29, 1.82) is 0 Å². The first-order valence-electron chi connectivity index (χ1n) is 8.46. The lowest BCUT2D eigenvalue weighted by Crippen LogP contribution is -2.40. The zero-order valence-corrected chi connectivity index (χ0v) is 15.2.